The summed E-state index contributed by atoms with van der Waals surface area (Å²) in [5.74, 6) is -1.32. The van der Waals surface area contributed by atoms with Crippen molar-refractivity contribution in [2.75, 3.05) is 5.32 Å². The van der Waals surface area contributed by atoms with E-state index in [9.17, 15) is 9.59 Å². The number of rotatable bonds is 4. The lowest BCUT2D eigenvalue weighted by Gasteiger charge is -2.07. The van der Waals surface area contributed by atoms with E-state index in [2.05, 4.69) is 33.5 Å². The number of amides is 2. The number of hydrogen-bond acceptors (Lipinski definition) is 2. The van der Waals surface area contributed by atoms with Crippen molar-refractivity contribution < 1.29 is 9.59 Å². The highest BCUT2D eigenvalue weighted by molar-refractivity contribution is 9.10. The highest BCUT2D eigenvalue weighted by atomic mass is 79.9. The summed E-state index contributed by atoms with van der Waals surface area (Å²) in [5, 5.41) is 5.16. The summed E-state index contributed by atoms with van der Waals surface area (Å²) in [5.41, 5.74) is 2.78. The van der Waals surface area contributed by atoms with E-state index in [1.165, 1.54) is 5.56 Å². The zero-order chi connectivity index (χ0) is 15.9. The molecule has 0 spiro atoms. The van der Waals surface area contributed by atoms with Crippen LogP contribution in [0.4, 0.5) is 5.69 Å². The molecule has 2 aromatic rings. The number of anilines is 1. The molecule has 0 atom stereocenters. The second kappa shape index (κ2) is 7.75. The lowest BCUT2D eigenvalue weighted by Crippen LogP contribution is -2.34. The van der Waals surface area contributed by atoms with E-state index in [0.29, 0.717) is 12.2 Å². The van der Waals surface area contributed by atoms with Gasteiger partial charge in [0.25, 0.3) is 0 Å². The first kappa shape index (κ1) is 16.2. The third kappa shape index (κ3) is 4.70. The summed E-state index contributed by atoms with van der Waals surface area (Å²) in [6, 6.07) is 15.0. The average Bonchev–Trinajstić information content (AvgIpc) is 2.55. The van der Waals surface area contributed by atoms with E-state index in [0.717, 1.165) is 16.5 Å². The molecule has 0 saturated carbocycles. The third-order valence-corrected chi connectivity index (χ3v) is 3.72. The quantitative estimate of drug-likeness (QED) is 0.822. The lowest BCUT2D eigenvalue weighted by molar-refractivity contribution is -0.136. The minimum Gasteiger partial charge on any atom is -0.344 e. The highest BCUT2D eigenvalue weighted by Crippen LogP contribution is 2.13. The van der Waals surface area contributed by atoms with Gasteiger partial charge in [-0.2, -0.15) is 0 Å². The number of nitrogens with one attached hydrogen (secondary N) is 2. The molecule has 114 valence electrons. The Kier molecular flexibility index (Phi) is 5.72. The monoisotopic (exact) mass is 360 g/mol. The van der Waals surface area contributed by atoms with Gasteiger partial charge < -0.3 is 10.6 Å². The summed E-state index contributed by atoms with van der Waals surface area (Å²) in [6.07, 6.45) is 0.974. The van der Waals surface area contributed by atoms with Gasteiger partial charge in [-0.3, -0.25) is 9.59 Å². The van der Waals surface area contributed by atoms with E-state index in [1.807, 2.05) is 24.3 Å². The minimum absolute atomic E-state index is 0.330. The van der Waals surface area contributed by atoms with Gasteiger partial charge in [-0.05, 0) is 41.8 Å². The Morgan fingerprint density at radius 1 is 0.909 bits per heavy atom. The Morgan fingerprint density at radius 2 is 1.50 bits per heavy atom. The van der Waals surface area contributed by atoms with E-state index >= 15 is 0 Å². The van der Waals surface area contributed by atoms with Crippen molar-refractivity contribution in [3.8, 4) is 0 Å². The lowest BCUT2D eigenvalue weighted by atomic mass is 10.1. The van der Waals surface area contributed by atoms with Gasteiger partial charge in [-0.1, -0.05) is 47.1 Å². The van der Waals surface area contributed by atoms with Crippen molar-refractivity contribution in [1.29, 1.82) is 0 Å². The summed E-state index contributed by atoms with van der Waals surface area (Å²) in [6.45, 7) is 2.42. The molecule has 0 aliphatic carbocycles. The van der Waals surface area contributed by atoms with Gasteiger partial charge in [0.05, 0.1) is 0 Å². The van der Waals surface area contributed by atoms with Crippen molar-refractivity contribution in [3.63, 3.8) is 0 Å². The van der Waals surface area contributed by atoms with Gasteiger partial charge in [0.15, 0.2) is 0 Å². The van der Waals surface area contributed by atoms with Crippen LogP contribution >= 0.6 is 15.9 Å². The molecule has 0 aromatic heterocycles. The predicted octanol–water partition coefficient (Wildman–Crippen LogP) is 3.27. The average molecular weight is 361 g/mol. The van der Waals surface area contributed by atoms with Crippen LogP contribution in [0.3, 0.4) is 0 Å². The van der Waals surface area contributed by atoms with Crippen LogP contribution in [-0.2, 0) is 22.6 Å². The molecule has 0 fully saturated rings. The Bertz CT molecular complexity index is 651. The zero-order valence-corrected chi connectivity index (χ0v) is 13.8. The first-order chi connectivity index (χ1) is 10.6. The fourth-order valence-electron chi connectivity index (χ4n) is 1.88. The van der Waals surface area contributed by atoms with Crippen LogP contribution in [0.2, 0.25) is 0 Å². The Hall–Kier alpha value is -2.14. The molecule has 2 amide bonds. The van der Waals surface area contributed by atoms with Gasteiger partial charge in [-0.25, -0.2) is 0 Å². The number of halogens is 1. The van der Waals surface area contributed by atoms with Crippen LogP contribution in [0.1, 0.15) is 18.1 Å². The Labute approximate surface area is 138 Å². The molecule has 0 unspecified atom stereocenters. The van der Waals surface area contributed by atoms with Gasteiger partial charge >= 0.3 is 11.8 Å². The minimum atomic E-state index is -0.674. The smallest absolute Gasteiger partial charge is 0.313 e. The molecular formula is C17H17BrN2O2. The Morgan fingerprint density at radius 3 is 2.09 bits per heavy atom. The van der Waals surface area contributed by atoms with Crippen LogP contribution < -0.4 is 10.6 Å². The first-order valence-corrected chi connectivity index (χ1v) is 7.80. The molecule has 0 heterocycles. The molecule has 2 N–H and O–H groups in total. The molecule has 2 rings (SSSR count). The van der Waals surface area contributed by atoms with Crippen LogP contribution in [-0.4, -0.2) is 11.8 Å². The summed E-state index contributed by atoms with van der Waals surface area (Å²) >= 11 is 3.31. The summed E-state index contributed by atoms with van der Waals surface area (Å²) in [7, 11) is 0. The van der Waals surface area contributed by atoms with E-state index in [-0.39, 0.29) is 0 Å². The fraction of sp³-hybridized carbons (Fsp3) is 0.176. The van der Waals surface area contributed by atoms with Crippen molar-refractivity contribution in [2.24, 2.45) is 0 Å². The third-order valence-electron chi connectivity index (χ3n) is 3.19. The number of carbonyl (C=O) groups is 2. The van der Waals surface area contributed by atoms with Gasteiger partial charge in [0, 0.05) is 16.7 Å². The SMILES string of the molecule is CCc1ccc(CNC(=O)C(=O)Nc2ccc(Br)cc2)cc1. The van der Waals surface area contributed by atoms with E-state index in [4.69, 9.17) is 0 Å². The Balaban J connectivity index is 1.85. The van der Waals surface area contributed by atoms with Crippen molar-refractivity contribution >= 4 is 33.4 Å². The van der Waals surface area contributed by atoms with Crippen LogP contribution in [0.25, 0.3) is 0 Å². The second-order valence-electron chi connectivity index (χ2n) is 4.81. The molecule has 0 saturated heterocycles. The van der Waals surface area contributed by atoms with Gasteiger partial charge in [0.2, 0.25) is 0 Å². The molecular weight excluding hydrogens is 344 g/mol. The maximum Gasteiger partial charge on any atom is 0.313 e. The normalized spacial score (nSPS) is 10.1. The number of hydrogen-bond donors (Lipinski definition) is 2. The van der Waals surface area contributed by atoms with Crippen molar-refractivity contribution in [1.82, 2.24) is 5.32 Å². The molecule has 0 aliphatic heterocycles. The first-order valence-electron chi connectivity index (χ1n) is 7.01. The molecule has 5 heteroatoms. The molecule has 0 bridgehead atoms. The molecule has 22 heavy (non-hydrogen) atoms. The standard InChI is InChI=1S/C17H17BrN2O2/c1-2-12-3-5-13(6-4-12)11-19-16(21)17(22)20-15-9-7-14(18)8-10-15/h3-10H,2,11H2,1H3,(H,19,21)(H,20,22). The summed E-state index contributed by atoms with van der Waals surface area (Å²) < 4.78 is 0.908. The number of carbonyl (C=O) groups excluding carboxylic acids is 2. The molecule has 4 nitrogen and oxygen atoms in total. The fourth-order valence-corrected chi connectivity index (χ4v) is 2.14. The van der Waals surface area contributed by atoms with Crippen LogP contribution in [0, 0.1) is 0 Å². The topological polar surface area (TPSA) is 58.2 Å². The van der Waals surface area contributed by atoms with Crippen molar-refractivity contribution in [3.05, 3.63) is 64.1 Å². The largest absolute Gasteiger partial charge is 0.344 e. The predicted molar refractivity (Wildman–Crippen MR) is 90.4 cm³/mol. The van der Waals surface area contributed by atoms with Crippen LogP contribution in [0.5, 0.6) is 0 Å². The van der Waals surface area contributed by atoms with Gasteiger partial charge in [0.1, 0.15) is 0 Å². The summed E-state index contributed by atoms with van der Waals surface area (Å²) in [4.78, 5) is 23.6. The highest BCUT2D eigenvalue weighted by Gasteiger charge is 2.13. The molecule has 2 aromatic carbocycles. The zero-order valence-electron chi connectivity index (χ0n) is 12.2. The number of aryl methyl sites for hydroxylation is 1. The maximum atomic E-state index is 11.8. The maximum absolute atomic E-state index is 11.8. The molecule has 0 aliphatic rings. The second-order valence-corrected chi connectivity index (χ2v) is 5.73. The van der Waals surface area contributed by atoms with Crippen molar-refractivity contribution in [2.45, 2.75) is 19.9 Å². The number of benzene rings is 2. The van der Waals surface area contributed by atoms with Gasteiger partial charge in [-0.15, -0.1) is 0 Å². The van der Waals surface area contributed by atoms with E-state index < -0.39 is 11.8 Å². The molecule has 0 radical (unpaired) electrons. The van der Waals surface area contributed by atoms with Crippen LogP contribution in [0.15, 0.2) is 53.0 Å². The van der Waals surface area contributed by atoms with E-state index in [1.54, 1.807) is 24.3 Å².